The van der Waals surface area contributed by atoms with Crippen molar-refractivity contribution in [2.45, 2.75) is 12.5 Å². The van der Waals surface area contributed by atoms with Crippen LogP contribution in [0.15, 0.2) is 24.3 Å². The standard InChI is InChI=1S/C12H11ClN4OS/c1-18-7-10-14-15-12-17(10)16-11(19-12)9-4-2-3-8(5-9)6-13/h2-5H,6-7H2,1H3. The third-order valence-electron chi connectivity index (χ3n) is 2.66. The summed E-state index contributed by atoms with van der Waals surface area (Å²) < 4.78 is 6.79. The molecule has 0 spiro atoms. The van der Waals surface area contributed by atoms with E-state index in [2.05, 4.69) is 15.3 Å². The zero-order valence-electron chi connectivity index (χ0n) is 10.2. The maximum absolute atomic E-state index is 5.85. The van der Waals surface area contributed by atoms with Crippen molar-refractivity contribution in [3.05, 3.63) is 35.7 Å². The third kappa shape index (κ3) is 2.34. The molecule has 0 bridgehead atoms. The summed E-state index contributed by atoms with van der Waals surface area (Å²) in [6.07, 6.45) is 0. The highest BCUT2D eigenvalue weighted by Crippen LogP contribution is 2.26. The topological polar surface area (TPSA) is 52.3 Å². The van der Waals surface area contributed by atoms with Crippen LogP contribution in [0.5, 0.6) is 0 Å². The van der Waals surface area contributed by atoms with Crippen molar-refractivity contribution in [2.24, 2.45) is 0 Å². The van der Waals surface area contributed by atoms with E-state index < -0.39 is 0 Å². The summed E-state index contributed by atoms with van der Waals surface area (Å²) in [5.74, 6) is 1.20. The van der Waals surface area contributed by atoms with E-state index >= 15 is 0 Å². The zero-order chi connectivity index (χ0) is 13.2. The first-order valence-electron chi connectivity index (χ1n) is 5.67. The molecule has 0 saturated carbocycles. The molecular formula is C12H11ClN4OS. The first kappa shape index (κ1) is 12.5. The van der Waals surface area contributed by atoms with Gasteiger partial charge in [0.25, 0.3) is 0 Å². The molecule has 19 heavy (non-hydrogen) atoms. The van der Waals surface area contributed by atoms with Crippen LogP contribution in [0.25, 0.3) is 15.5 Å². The second kappa shape index (κ2) is 5.24. The van der Waals surface area contributed by atoms with E-state index in [-0.39, 0.29) is 0 Å². The number of ether oxygens (including phenoxy) is 1. The Kier molecular flexibility index (Phi) is 3.46. The quantitative estimate of drug-likeness (QED) is 0.694. The Balaban J connectivity index is 2.04. The van der Waals surface area contributed by atoms with Gasteiger partial charge in [-0.25, -0.2) is 0 Å². The predicted molar refractivity (Wildman–Crippen MR) is 74.4 cm³/mol. The molecule has 3 aromatic rings. The van der Waals surface area contributed by atoms with Crippen LogP contribution in [0.3, 0.4) is 0 Å². The lowest BCUT2D eigenvalue weighted by molar-refractivity contribution is 0.176. The molecule has 0 atom stereocenters. The normalized spacial score (nSPS) is 11.3. The number of alkyl halides is 1. The molecule has 0 N–H and O–H groups in total. The van der Waals surface area contributed by atoms with Gasteiger partial charge in [-0.05, 0) is 11.6 Å². The molecule has 0 fully saturated rings. The summed E-state index contributed by atoms with van der Waals surface area (Å²) >= 11 is 7.35. The molecule has 0 aliphatic heterocycles. The van der Waals surface area contributed by atoms with Crippen molar-refractivity contribution in [3.8, 4) is 10.6 Å². The molecule has 0 unspecified atom stereocenters. The van der Waals surface area contributed by atoms with Gasteiger partial charge < -0.3 is 4.74 Å². The van der Waals surface area contributed by atoms with Crippen molar-refractivity contribution >= 4 is 27.9 Å². The number of benzene rings is 1. The number of nitrogens with zero attached hydrogens (tertiary/aromatic N) is 4. The molecule has 0 radical (unpaired) electrons. The van der Waals surface area contributed by atoms with Gasteiger partial charge in [0.2, 0.25) is 4.96 Å². The first-order valence-corrected chi connectivity index (χ1v) is 7.02. The molecule has 0 amide bonds. The van der Waals surface area contributed by atoms with Crippen LogP contribution in [-0.4, -0.2) is 26.9 Å². The second-order valence-corrected chi connectivity index (χ2v) is 5.21. The van der Waals surface area contributed by atoms with Crippen LogP contribution in [-0.2, 0) is 17.2 Å². The Morgan fingerprint density at radius 2 is 2.26 bits per heavy atom. The number of fused-ring (bicyclic) bond motifs is 1. The van der Waals surface area contributed by atoms with Crippen LogP contribution < -0.4 is 0 Å². The van der Waals surface area contributed by atoms with E-state index in [4.69, 9.17) is 16.3 Å². The number of aromatic nitrogens is 4. The average molecular weight is 295 g/mol. The lowest BCUT2D eigenvalue weighted by atomic mass is 10.1. The average Bonchev–Trinajstić information content (AvgIpc) is 3.01. The summed E-state index contributed by atoms with van der Waals surface area (Å²) in [5, 5.41) is 13.5. The highest BCUT2D eigenvalue weighted by Gasteiger charge is 2.12. The molecule has 7 heteroatoms. The third-order valence-corrected chi connectivity index (χ3v) is 3.91. The molecular weight excluding hydrogens is 284 g/mol. The van der Waals surface area contributed by atoms with Gasteiger partial charge in [0, 0.05) is 18.6 Å². The highest BCUT2D eigenvalue weighted by molar-refractivity contribution is 7.19. The summed E-state index contributed by atoms with van der Waals surface area (Å²) in [7, 11) is 1.62. The molecule has 0 aliphatic carbocycles. The first-order chi connectivity index (χ1) is 9.31. The molecule has 2 heterocycles. The Morgan fingerprint density at radius 3 is 3.05 bits per heavy atom. The Morgan fingerprint density at radius 1 is 1.37 bits per heavy atom. The molecule has 1 aromatic carbocycles. The molecule has 0 saturated heterocycles. The highest BCUT2D eigenvalue weighted by atomic mass is 35.5. The van der Waals surface area contributed by atoms with Gasteiger partial charge in [-0.2, -0.15) is 9.61 Å². The fourth-order valence-electron chi connectivity index (χ4n) is 1.78. The van der Waals surface area contributed by atoms with Crippen molar-refractivity contribution in [1.29, 1.82) is 0 Å². The zero-order valence-corrected chi connectivity index (χ0v) is 11.8. The Labute approximate surface area is 118 Å². The molecule has 5 nitrogen and oxygen atoms in total. The Hall–Kier alpha value is -1.50. The van der Waals surface area contributed by atoms with Gasteiger partial charge in [0.15, 0.2) is 5.82 Å². The summed E-state index contributed by atoms with van der Waals surface area (Å²) in [6, 6.07) is 8.02. The van der Waals surface area contributed by atoms with E-state index in [0.717, 1.165) is 21.1 Å². The van der Waals surface area contributed by atoms with Crippen LogP contribution in [0.2, 0.25) is 0 Å². The molecule has 3 rings (SSSR count). The SMILES string of the molecule is COCc1nnc2sc(-c3cccc(CCl)c3)nn12. The maximum Gasteiger partial charge on any atom is 0.235 e. The number of hydrogen-bond acceptors (Lipinski definition) is 5. The van der Waals surface area contributed by atoms with Crippen LogP contribution in [0, 0.1) is 0 Å². The second-order valence-electron chi connectivity index (χ2n) is 3.98. The van der Waals surface area contributed by atoms with Gasteiger partial charge in [0.1, 0.15) is 11.6 Å². The van der Waals surface area contributed by atoms with Gasteiger partial charge in [-0.1, -0.05) is 29.5 Å². The largest absolute Gasteiger partial charge is 0.377 e. The van der Waals surface area contributed by atoms with Crippen molar-refractivity contribution in [2.75, 3.05) is 7.11 Å². The fourth-order valence-corrected chi connectivity index (χ4v) is 2.80. The number of rotatable bonds is 4. The van der Waals surface area contributed by atoms with Gasteiger partial charge in [0.05, 0.1) is 0 Å². The lowest BCUT2D eigenvalue weighted by Crippen LogP contribution is -1.97. The fraction of sp³-hybridized carbons (Fsp3) is 0.250. The predicted octanol–water partition coefficient (Wildman–Crippen LogP) is 2.74. The summed E-state index contributed by atoms with van der Waals surface area (Å²) in [5.41, 5.74) is 2.11. The minimum Gasteiger partial charge on any atom is -0.377 e. The van der Waals surface area contributed by atoms with E-state index in [1.165, 1.54) is 11.3 Å². The number of halogens is 1. The minimum atomic E-state index is 0.395. The monoisotopic (exact) mass is 294 g/mol. The van der Waals surface area contributed by atoms with Crippen molar-refractivity contribution < 1.29 is 4.74 Å². The molecule has 98 valence electrons. The van der Waals surface area contributed by atoms with Crippen LogP contribution in [0.4, 0.5) is 0 Å². The van der Waals surface area contributed by atoms with E-state index in [1.807, 2.05) is 24.3 Å². The maximum atomic E-state index is 5.85. The van der Waals surface area contributed by atoms with E-state index in [0.29, 0.717) is 18.3 Å². The van der Waals surface area contributed by atoms with Crippen LogP contribution in [0.1, 0.15) is 11.4 Å². The summed E-state index contributed by atoms with van der Waals surface area (Å²) in [4.78, 5) is 0.762. The number of methoxy groups -OCH3 is 1. The van der Waals surface area contributed by atoms with E-state index in [1.54, 1.807) is 11.6 Å². The van der Waals surface area contributed by atoms with Gasteiger partial charge >= 0.3 is 0 Å². The molecule has 0 aliphatic rings. The summed E-state index contributed by atoms with van der Waals surface area (Å²) in [6.45, 7) is 0.395. The van der Waals surface area contributed by atoms with Crippen molar-refractivity contribution in [1.82, 2.24) is 19.8 Å². The van der Waals surface area contributed by atoms with E-state index in [9.17, 15) is 0 Å². The smallest absolute Gasteiger partial charge is 0.235 e. The molecule has 2 aromatic heterocycles. The lowest BCUT2D eigenvalue weighted by Gasteiger charge is -1.98. The Bertz CT molecular complexity index is 709. The number of hydrogen-bond donors (Lipinski definition) is 0. The van der Waals surface area contributed by atoms with Gasteiger partial charge in [-0.15, -0.1) is 21.8 Å². The van der Waals surface area contributed by atoms with Gasteiger partial charge in [-0.3, -0.25) is 0 Å². The minimum absolute atomic E-state index is 0.395. The van der Waals surface area contributed by atoms with Crippen molar-refractivity contribution in [3.63, 3.8) is 0 Å². The van der Waals surface area contributed by atoms with Crippen LogP contribution >= 0.6 is 22.9 Å².